The van der Waals surface area contributed by atoms with E-state index in [1.54, 1.807) is 24.3 Å². The lowest BCUT2D eigenvalue weighted by molar-refractivity contribution is 0.192. The fourth-order valence-corrected chi connectivity index (χ4v) is 3.62. The van der Waals surface area contributed by atoms with Crippen molar-refractivity contribution in [2.24, 2.45) is 5.92 Å². The highest BCUT2D eigenvalue weighted by Crippen LogP contribution is 2.23. The fraction of sp³-hybridized carbons (Fsp3) is 0.667. The highest BCUT2D eigenvalue weighted by molar-refractivity contribution is 7.86. The Morgan fingerprint density at radius 1 is 1.00 bits per heavy atom. The lowest BCUT2D eigenvalue weighted by Crippen LogP contribution is -2.33. The second kappa shape index (κ2) is 10.7. The van der Waals surface area contributed by atoms with E-state index < -0.39 is 15.6 Å². The Morgan fingerprint density at radius 2 is 1.57 bits per heavy atom. The smallest absolute Gasteiger partial charge is 0.303 e. The van der Waals surface area contributed by atoms with E-state index in [1.165, 1.54) is 32.1 Å². The summed E-state index contributed by atoms with van der Waals surface area (Å²) in [6.07, 6.45) is 9.00. The van der Waals surface area contributed by atoms with Crippen molar-refractivity contribution >= 4 is 10.1 Å². The summed E-state index contributed by atoms with van der Waals surface area (Å²) in [5, 5.41) is 0. The molecule has 0 aliphatic carbocycles. The molecular weight excluding hydrogens is 312 g/mol. The first-order chi connectivity index (χ1) is 10.9. The van der Waals surface area contributed by atoms with Crippen LogP contribution in [0.3, 0.4) is 0 Å². The molecule has 4 nitrogen and oxygen atoms in total. The molecule has 0 saturated heterocycles. The zero-order chi connectivity index (χ0) is 17.1. The van der Waals surface area contributed by atoms with Gasteiger partial charge in [0, 0.05) is 5.92 Å². The van der Waals surface area contributed by atoms with Gasteiger partial charge in [0.15, 0.2) is 0 Å². The van der Waals surface area contributed by atoms with E-state index >= 15 is 0 Å². The molecule has 0 aromatic heterocycles. The average molecular weight is 343 g/mol. The van der Waals surface area contributed by atoms with Crippen molar-refractivity contribution in [1.29, 1.82) is 0 Å². The lowest BCUT2D eigenvalue weighted by Gasteiger charge is -2.22. The number of hydrogen-bond acceptors (Lipinski definition) is 3. The molecule has 0 aliphatic rings. The predicted molar refractivity (Wildman–Crippen MR) is 94.2 cm³/mol. The Bertz CT molecular complexity index is 513. The Hall–Kier alpha value is -1.07. The van der Waals surface area contributed by atoms with Gasteiger partial charge in [-0.25, -0.2) is 0 Å². The van der Waals surface area contributed by atoms with Gasteiger partial charge in [-0.15, -0.1) is 0 Å². The molecule has 0 spiro atoms. The van der Waals surface area contributed by atoms with Crippen molar-refractivity contribution in [3.05, 3.63) is 30.3 Å². The van der Waals surface area contributed by atoms with Crippen LogP contribution < -0.4 is 4.74 Å². The van der Waals surface area contributed by atoms with E-state index in [0.717, 1.165) is 19.3 Å². The molecule has 132 valence electrons. The van der Waals surface area contributed by atoms with Crippen molar-refractivity contribution in [1.82, 2.24) is 0 Å². The molecule has 1 rings (SSSR count). The van der Waals surface area contributed by atoms with Crippen molar-refractivity contribution in [3.8, 4) is 5.75 Å². The summed E-state index contributed by atoms with van der Waals surface area (Å²) < 4.78 is 38.2. The molecule has 5 heteroatoms. The zero-order valence-electron chi connectivity index (χ0n) is 14.3. The van der Waals surface area contributed by atoms with Gasteiger partial charge in [0.05, 0.1) is 0 Å². The van der Waals surface area contributed by atoms with Crippen LogP contribution in [0.4, 0.5) is 0 Å². The maximum atomic E-state index is 11.6. The molecule has 2 unspecified atom stereocenters. The van der Waals surface area contributed by atoms with Gasteiger partial charge in [-0.1, -0.05) is 77.0 Å². The molecule has 2 atom stereocenters. The van der Waals surface area contributed by atoms with Crippen molar-refractivity contribution in [3.63, 3.8) is 0 Å². The topological polar surface area (TPSA) is 63.6 Å². The molecule has 0 bridgehead atoms. The molecule has 0 aliphatic heterocycles. The fourth-order valence-electron chi connectivity index (χ4n) is 2.66. The third-order valence-corrected chi connectivity index (χ3v) is 5.16. The number of unbranched alkanes of at least 4 members (excludes halogenated alkanes) is 6. The van der Waals surface area contributed by atoms with Crippen LogP contribution in [-0.4, -0.2) is 18.4 Å². The van der Waals surface area contributed by atoms with Crippen LogP contribution in [0.5, 0.6) is 5.75 Å². The zero-order valence-corrected chi connectivity index (χ0v) is 15.1. The van der Waals surface area contributed by atoms with E-state index in [4.69, 9.17) is 4.74 Å². The SMILES string of the molecule is CCCCCCCCCC(C)C(Oc1ccccc1)S(=O)(=O)O. The van der Waals surface area contributed by atoms with Crippen molar-refractivity contribution < 1.29 is 17.7 Å². The molecule has 0 saturated carbocycles. The number of ether oxygens (including phenoxy) is 1. The molecule has 23 heavy (non-hydrogen) atoms. The summed E-state index contributed by atoms with van der Waals surface area (Å²) in [4.78, 5) is 0. The molecule has 1 N–H and O–H groups in total. The van der Waals surface area contributed by atoms with Gasteiger partial charge >= 0.3 is 10.1 Å². The summed E-state index contributed by atoms with van der Waals surface area (Å²) in [5.41, 5.74) is -1.20. The van der Waals surface area contributed by atoms with E-state index in [-0.39, 0.29) is 5.92 Å². The lowest BCUT2D eigenvalue weighted by atomic mass is 10.0. The number of benzene rings is 1. The van der Waals surface area contributed by atoms with Gasteiger partial charge in [0.2, 0.25) is 5.44 Å². The summed E-state index contributed by atoms with van der Waals surface area (Å²) >= 11 is 0. The van der Waals surface area contributed by atoms with Gasteiger partial charge in [-0.2, -0.15) is 8.42 Å². The van der Waals surface area contributed by atoms with Crippen molar-refractivity contribution in [2.45, 2.75) is 70.7 Å². The maximum absolute atomic E-state index is 11.6. The predicted octanol–water partition coefficient (Wildman–Crippen LogP) is 5.06. The first-order valence-corrected chi connectivity index (χ1v) is 10.1. The van der Waals surface area contributed by atoms with Gasteiger partial charge in [0.1, 0.15) is 5.75 Å². The quantitative estimate of drug-likeness (QED) is 0.426. The highest BCUT2D eigenvalue weighted by atomic mass is 32.2. The first-order valence-electron chi connectivity index (χ1n) is 8.63. The van der Waals surface area contributed by atoms with Crippen LogP contribution in [0.1, 0.15) is 65.2 Å². The molecule has 0 heterocycles. The molecule has 0 radical (unpaired) electrons. The van der Waals surface area contributed by atoms with E-state index in [2.05, 4.69) is 6.92 Å². The van der Waals surface area contributed by atoms with Gasteiger partial charge in [-0.05, 0) is 18.6 Å². The Morgan fingerprint density at radius 3 is 2.13 bits per heavy atom. The molecule has 1 aromatic carbocycles. The van der Waals surface area contributed by atoms with Crippen LogP contribution in [0.2, 0.25) is 0 Å². The van der Waals surface area contributed by atoms with Gasteiger partial charge in [-0.3, -0.25) is 4.55 Å². The van der Waals surface area contributed by atoms with Crippen LogP contribution in [0.15, 0.2) is 30.3 Å². The summed E-state index contributed by atoms with van der Waals surface area (Å²) in [7, 11) is -4.24. The Labute approximate surface area is 141 Å². The average Bonchev–Trinajstić information content (AvgIpc) is 2.51. The van der Waals surface area contributed by atoms with Gasteiger partial charge in [0.25, 0.3) is 0 Å². The Kier molecular flexibility index (Phi) is 9.26. The van der Waals surface area contributed by atoms with Crippen molar-refractivity contribution in [2.75, 3.05) is 0 Å². The molecular formula is C18H30O4S. The molecule has 0 amide bonds. The van der Waals surface area contributed by atoms with E-state index in [0.29, 0.717) is 5.75 Å². The minimum Gasteiger partial charge on any atom is -0.472 e. The third kappa shape index (κ3) is 8.37. The van der Waals surface area contributed by atoms with E-state index in [9.17, 15) is 13.0 Å². The monoisotopic (exact) mass is 342 g/mol. The summed E-state index contributed by atoms with van der Waals surface area (Å²) in [6.45, 7) is 4.02. The maximum Gasteiger partial charge on any atom is 0.303 e. The largest absolute Gasteiger partial charge is 0.472 e. The number of hydrogen-bond donors (Lipinski definition) is 1. The number of para-hydroxylation sites is 1. The minimum atomic E-state index is -4.24. The van der Waals surface area contributed by atoms with Crippen LogP contribution >= 0.6 is 0 Å². The first kappa shape index (κ1) is 20.0. The van der Waals surface area contributed by atoms with Crippen LogP contribution in [0.25, 0.3) is 0 Å². The number of rotatable bonds is 12. The second-order valence-corrected chi connectivity index (χ2v) is 7.70. The summed E-state index contributed by atoms with van der Waals surface area (Å²) in [6, 6.07) is 8.77. The Balaban J connectivity index is 2.43. The summed E-state index contributed by atoms with van der Waals surface area (Å²) in [5.74, 6) is 0.211. The normalized spacial score (nSPS) is 14.4. The van der Waals surface area contributed by atoms with Crippen LogP contribution in [-0.2, 0) is 10.1 Å². The van der Waals surface area contributed by atoms with Gasteiger partial charge < -0.3 is 4.74 Å². The highest BCUT2D eigenvalue weighted by Gasteiger charge is 2.31. The van der Waals surface area contributed by atoms with E-state index in [1.807, 2.05) is 13.0 Å². The van der Waals surface area contributed by atoms with Crippen LogP contribution in [0, 0.1) is 5.92 Å². The minimum absolute atomic E-state index is 0.249. The third-order valence-electron chi connectivity index (χ3n) is 4.02. The molecule has 1 aromatic rings. The molecule has 0 fully saturated rings. The second-order valence-electron chi connectivity index (χ2n) is 6.20. The standard InChI is InChI=1S/C18H30O4S/c1-3-4-5-6-7-8-10-13-16(2)18(23(19,20)21)22-17-14-11-9-12-15-17/h9,11-12,14-16,18H,3-8,10,13H2,1-2H3,(H,19,20,21).